The van der Waals surface area contributed by atoms with Crippen LogP contribution in [0.15, 0.2) is 59.8 Å². The third-order valence-corrected chi connectivity index (χ3v) is 9.03. The Morgan fingerprint density at radius 2 is 1.92 bits per heavy atom. The van der Waals surface area contributed by atoms with Crippen molar-refractivity contribution in [2.75, 3.05) is 13.1 Å². The van der Waals surface area contributed by atoms with Crippen molar-refractivity contribution in [1.82, 2.24) is 19.9 Å². The number of ketones is 1. The van der Waals surface area contributed by atoms with Gasteiger partial charge < -0.3 is 10.6 Å². The van der Waals surface area contributed by atoms with Gasteiger partial charge in [-0.25, -0.2) is 13.4 Å². The van der Waals surface area contributed by atoms with Gasteiger partial charge in [0.1, 0.15) is 6.04 Å². The van der Waals surface area contributed by atoms with E-state index in [9.17, 15) is 22.8 Å². The number of thiophene rings is 1. The summed E-state index contributed by atoms with van der Waals surface area (Å²) in [5, 5.41) is 6.44. The first-order valence-electron chi connectivity index (χ1n) is 12.2. The summed E-state index contributed by atoms with van der Waals surface area (Å²) in [6, 6.07) is 12.4. The average Bonchev–Trinajstić information content (AvgIpc) is 3.23. The fourth-order valence-corrected chi connectivity index (χ4v) is 6.63. The van der Waals surface area contributed by atoms with Crippen LogP contribution in [-0.4, -0.2) is 60.5 Å². The molecule has 2 atom stereocenters. The van der Waals surface area contributed by atoms with E-state index >= 15 is 0 Å². The summed E-state index contributed by atoms with van der Waals surface area (Å²) in [6.07, 6.45) is 2.48. The van der Waals surface area contributed by atoms with Crippen LogP contribution in [0.2, 0.25) is 0 Å². The third kappa shape index (κ3) is 6.41. The number of nitrogens with zero attached hydrogens (tertiary/aromatic N) is 2. The molecule has 1 fully saturated rings. The summed E-state index contributed by atoms with van der Waals surface area (Å²) in [7, 11) is -3.93. The quantitative estimate of drug-likeness (QED) is 0.451. The van der Waals surface area contributed by atoms with Crippen LogP contribution in [0.4, 0.5) is 0 Å². The number of sulfonamides is 1. The fraction of sp³-hybridized carbons (Fsp3) is 0.385. The SMILES string of the molecule is CC(C)C[C@@H](NC(=O)c1cc2ccccc2s1)C(=O)NC1CCCN(S(=O)(=O)c2ccccn2)CC1=O. The van der Waals surface area contributed by atoms with Crippen molar-refractivity contribution in [3.63, 3.8) is 0 Å². The Hall–Kier alpha value is -3.15. The van der Waals surface area contributed by atoms with Crippen LogP contribution >= 0.6 is 11.3 Å². The number of pyridine rings is 1. The lowest BCUT2D eigenvalue weighted by Crippen LogP contribution is -2.52. The maximum absolute atomic E-state index is 13.2. The molecule has 196 valence electrons. The fourth-order valence-electron chi connectivity index (χ4n) is 4.28. The van der Waals surface area contributed by atoms with Crippen LogP contribution in [0.25, 0.3) is 10.1 Å². The van der Waals surface area contributed by atoms with E-state index < -0.39 is 33.8 Å². The highest BCUT2D eigenvalue weighted by molar-refractivity contribution is 7.89. The molecule has 2 aromatic heterocycles. The minimum atomic E-state index is -3.93. The van der Waals surface area contributed by atoms with Gasteiger partial charge in [-0.15, -0.1) is 11.3 Å². The van der Waals surface area contributed by atoms with Crippen molar-refractivity contribution in [3.8, 4) is 0 Å². The number of nitrogens with one attached hydrogen (secondary N) is 2. The Morgan fingerprint density at radius 1 is 1.16 bits per heavy atom. The van der Waals surface area contributed by atoms with Gasteiger partial charge in [0.05, 0.1) is 17.5 Å². The van der Waals surface area contributed by atoms with Gasteiger partial charge in [-0.2, -0.15) is 4.31 Å². The summed E-state index contributed by atoms with van der Waals surface area (Å²) < 4.78 is 28.0. The number of hydrogen-bond acceptors (Lipinski definition) is 7. The van der Waals surface area contributed by atoms with E-state index in [1.54, 1.807) is 18.2 Å². The second-order valence-corrected chi connectivity index (χ2v) is 12.4. The first-order valence-corrected chi connectivity index (χ1v) is 14.4. The van der Waals surface area contributed by atoms with Crippen molar-refractivity contribution in [2.45, 2.75) is 50.2 Å². The Labute approximate surface area is 220 Å². The van der Waals surface area contributed by atoms with Gasteiger partial charge in [-0.05, 0) is 54.8 Å². The first-order chi connectivity index (χ1) is 17.6. The van der Waals surface area contributed by atoms with Crippen molar-refractivity contribution >= 4 is 49.0 Å². The molecule has 0 saturated carbocycles. The molecule has 0 bridgehead atoms. The number of hydrogen-bond donors (Lipinski definition) is 2. The predicted molar refractivity (Wildman–Crippen MR) is 142 cm³/mol. The molecule has 11 heteroatoms. The second kappa shape index (κ2) is 11.5. The number of fused-ring (bicyclic) bond motifs is 1. The zero-order valence-electron chi connectivity index (χ0n) is 20.7. The number of benzene rings is 1. The molecule has 1 aliphatic heterocycles. The summed E-state index contributed by atoms with van der Waals surface area (Å²) in [6.45, 7) is 3.69. The lowest BCUT2D eigenvalue weighted by molar-refractivity contribution is -0.129. The number of amides is 2. The highest BCUT2D eigenvalue weighted by Crippen LogP contribution is 2.25. The lowest BCUT2D eigenvalue weighted by Gasteiger charge is -2.23. The van der Waals surface area contributed by atoms with E-state index in [0.717, 1.165) is 14.4 Å². The smallest absolute Gasteiger partial charge is 0.262 e. The predicted octanol–water partition coefficient (Wildman–Crippen LogP) is 2.98. The van der Waals surface area contributed by atoms with Gasteiger partial charge in [0, 0.05) is 17.4 Å². The normalized spacial score (nSPS) is 17.9. The van der Waals surface area contributed by atoms with Crippen LogP contribution in [0.3, 0.4) is 0 Å². The number of carbonyl (C=O) groups is 3. The number of carbonyl (C=O) groups excluding carboxylic acids is 3. The third-order valence-electron chi connectivity index (χ3n) is 6.16. The molecule has 3 aromatic rings. The van der Waals surface area contributed by atoms with Gasteiger partial charge >= 0.3 is 0 Å². The molecule has 0 aliphatic carbocycles. The molecule has 37 heavy (non-hydrogen) atoms. The molecule has 2 amide bonds. The van der Waals surface area contributed by atoms with Crippen molar-refractivity contribution in [2.24, 2.45) is 5.92 Å². The number of rotatable bonds is 8. The molecule has 1 saturated heterocycles. The number of Topliss-reactive ketones (excluding diaryl/α,β-unsaturated/α-hetero) is 1. The van der Waals surface area contributed by atoms with E-state index in [-0.39, 0.29) is 29.9 Å². The van der Waals surface area contributed by atoms with Crippen molar-refractivity contribution < 1.29 is 22.8 Å². The molecule has 2 N–H and O–H groups in total. The molecule has 1 unspecified atom stereocenters. The molecule has 3 heterocycles. The zero-order valence-corrected chi connectivity index (χ0v) is 22.3. The van der Waals surface area contributed by atoms with Gasteiger partial charge in [0.25, 0.3) is 15.9 Å². The minimum absolute atomic E-state index is 0.113. The van der Waals surface area contributed by atoms with Crippen LogP contribution in [-0.2, 0) is 19.6 Å². The van der Waals surface area contributed by atoms with Gasteiger partial charge in [0.2, 0.25) is 5.91 Å². The summed E-state index contributed by atoms with van der Waals surface area (Å²) >= 11 is 1.35. The Kier molecular flexibility index (Phi) is 8.35. The van der Waals surface area contributed by atoms with Gasteiger partial charge in [0.15, 0.2) is 10.8 Å². The van der Waals surface area contributed by atoms with Crippen LogP contribution in [0.1, 0.15) is 42.8 Å². The molecule has 1 aromatic carbocycles. The molecular formula is C26H30N4O5S2. The highest BCUT2D eigenvalue weighted by atomic mass is 32.2. The minimum Gasteiger partial charge on any atom is -0.344 e. The average molecular weight is 543 g/mol. The Balaban J connectivity index is 1.44. The van der Waals surface area contributed by atoms with Crippen LogP contribution < -0.4 is 10.6 Å². The molecule has 1 aliphatic rings. The van der Waals surface area contributed by atoms with E-state index in [2.05, 4.69) is 15.6 Å². The van der Waals surface area contributed by atoms with Crippen molar-refractivity contribution in [1.29, 1.82) is 0 Å². The maximum Gasteiger partial charge on any atom is 0.262 e. The number of aromatic nitrogens is 1. The Bertz CT molecular complexity index is 1360. The first kappa shape index (κ1) is 26.9. The van der Waals surface area contributed by atoms with E-state index in [0.29, 0.717) is 24.1 Å². The molecule has 4 rings (SSSR count). The monoisotopic (exact) mass is 542 g/mol. The lowest BCUT2D eigenvalue weighted by atomic mass is 10.0. The summed E-state index contributed by atoms with van der Waals surface area (Å²) in [4.78, 5) is 43.6. The highest BCUT2D eigenvalue weighted by Gasteiger charge is 2.35. The zero-order chi connectivity index (χ0) is 26.6. The molecule has 0 radical (unpaired) electrons. The molecular weight excluding hydrogens is 512 g/mol. The standard InChI is InChI=1S/C26H30N4O5S2/c1-17(2)14-20(29-26(33)23-15-18-8-3-4-10-22(18)36-23)25(32)28-19-9-7-13-30(16-21(19)31)37(34,35)24-11-5-6-12-27-24/h3-6,8,10-12,15,17,19-20H,7,9,13-14,16H2,1-2H3,(H,28,32)(H,29,33)/t19?,20-/m1/s1. The maximum atomic E-state index is 13.2. The topological polar surface area (TPSA) is 126 Å². The van der Waals surface area contributed by atoms with Crippen LogP contribution in [0.5, 0.6) is 0 Å². The summed E-state index contributed by atoms with van der Waals surface area (Å²) in [5.74, 6) is -1.09. The van der Waals surface area contributed by atoms with Crippen molar-refractivity contribution in [3.05, 3.63) is 59.6 Å². The largest absolute Gasteiger partial charge is 0.344 e. The van der Waals surface area contributed by atoms with Gasteiger partial charge in [-0.3, -0.25) is 14.4 Å². The van der Waals surface area contributed by atoms with E-state index in [4.69, 9.17) is 0 Å². The van der Waals surface area contributed by atoms with E-state index in [1.165, 1.54) is 23.6 Å². The van der Waals surface area contributed by atoms with E-state index in [1.807, 2.05) is 38.1 Å². The summed E-state index contributed by atoms with van der Waals surface area (Å²) in [5.41, 5.74) is 0. The molecule has 0 spiro atoms. The Morgan fingerprint density at radius 3 is 2.62 bits per heavy atom. The molecule has 9 nitrogen and oxygen atoms in total. The van der Waals surface area contributed by atoms with Crippen LogP contribution in [0, 0.1) is 5.92 Å². The van der Waals surface area contributed by atoms with Gasteiger partial charge in [-0.1, -0.05) is 38.1 Å². The second-order valence-electron chi connectivity index (χ2n) is 9.48.